The second-order valence-corrected chi connectivity index (χ2v) is 5.25. The lowest BCUT2D eigenvalue weighted by Gasteiger charge is -2.28. The van der Waals surface area contributed by atoms with Crippen molar-refractivity contribution in [2.75, 3.05) is 6.61 Å². The molecule has 3 heteroatoms. The zero-order chi connectivity index (χ0) is 13.0. The van der Waals surface area contributed by atoms with Gasteiger partial charge in [0.25, 0.3) is 0 Å². The topological polar surface area (TPSA) is 32.3 Å². The Labute approximate surface area is 108 Å². The van der Waals surface area contributed by atoms with E-state index >= 15 is 0 Å². The van der Waals surface area contributed by atoms with Gasteiger partial charge in [0.05, 0.1) is 12.6 Å². The minimum atomic E-state index is -0.187. The fraction of sp³-hybridized carbons (Fsp3) is 0.600. The summed E-state index contributed by atoms with van der Waals surface area (Å²) in [6, 6.07) is 5.48. The van der Waals surface area contributed by atoms with Gasteiger partial charge in [0.15, 0.2) is 0 Å². The Bertz CT molecular complexity index is 388. The molecule has 0 bridgehead atoms. The number of aliphatic hydroxyl groups excluding tert-OH is 1. The second kappa shape index (κ2) is 6.30. The van der Waals surface area contributed by atoms with Gasteiger partial charge in [0.1, 0.15) is 5.82 Å². The van der Waals surface area contributed by atoms with E-state index in [0.717, 1.165) is 5.56 Å². The number of hydrogen-bond acceptors (Lipinski definition) is 2. The zero-order valence-corrected chi connectivity index (χ0v) is 11.0. The predicted octanol–water partition coefficient (Wildman–Crippen LogP) is 3.09. The van der Waals surface area contributed by atoms with Gasteiger partial charge in [0.2, 0.25) is 0 Å². The van der Waals surface area contributed by atoms with E-state index in [1.807, 2.05) is 6.07 Å². The molecular weight excluding hydrogens is 229 g/mol. The molecule has 0 aliphatic heterocycles. The summed E-state index contributed by atoms with van der Waals surface area (Å²) in [5, 5.41) is 13.0. The van der Waals surface area contributed by atoms with Crippen molar-refractivity contribution in [1.82, 2.24) is 5.32 Å². The molecule has 0 aromatic heterocycles. The van der Waals surface area contributed by atoms with Gasteiger partial charge in [-0.2, -0.15) is 0 Å². The van der Waals surface area contributed by atoms with Gasteiger partial charge in [-0.25, -0.2) is 4.39 Å². The highest BCUT2D eigenvalue weighted by Crippen LogP contribution is 2.22. The van der Waals surface area contributed by atoms with Gasteiger partial charge in [-0.3, -0.25) is 0 Å². The molecule has 1 aliphatic rings. The maximum absolute atomic E-state index is 13.2. The van der Waals surface area contributed by atoms with Crippen molar-refractivity contribution in [3.05, 3.63) is 35.1 Å². The molecule has 0 heterocycles. The van der Waals surface area contributed by atoms with Gasteiger partial charge in [-0.15, -0.1) is 0 Å². The summed E-state index contributed by atoms with van der Waals surface area (Å²) >= 11 is 0. The molecule has 2 N–H and O–H groups in total. The van der Waals surface area contributed by atoms with Crippen molar-refractivity contribution in [2.24, 2.45) is 0 Å². The average molecular weight is 251 g/mol. The first-order valence-electron chi connectivity index (χ1n) is 6.83. The smallest absolute Gasteiger partial charge is 0.126 e. The summed E-state index contributed by atoms with van der Waals surface area (Å²) < 4.78 is 13.2. The molecular formula is C15H22FNO. The molecule has 1 aromatic rings. The number of rotatable bonds is 4. The Balaban J connectivity index is 2.04. The third kappa shape index (κ3) is 3.30. The summed E-state index contributed by atoms with van der Waals surface area (Å²) in [6.45, 7) is 1.81. The molecule has 1 unspecified atom stereocenters. The number of aryl methyl sites for hydroxylation is 1. The van der Waals surface area contributed by atoms with Crippen LogP contribution < -0.4 is 5.32 Å². The Kier molecular flexibility index (Phi) is 4.72. The molecule has 2 rings (SSSR count). The third-order valence-corrected chi connectivity index (χ3v) is 3.81. The molecule has 0 amide bonds. The molecule has 0 saturated heterocycles. The van der Waals surface area contributed by atoms with Crippen LogP contribution in [0.5, 0.6) is 0 Å². The highest BCUT2D eigenvalue weighted by molar-refractivity contribution is 5.26. The van der Waals surface area contributed by atoms with Crippen LogP contribution in [0.2, 0.25) is 0 Å². The zero-order valence-electron chi connectivity index (χ0n) is 11.0. The van der Waals surface area contributed by atoms with Crippen LogP contribution in [0, 0.1) is 12.7 Å². The van der Waals surface area contributed by atoms with E-state index in [2.05, 4.69) is 5.32 Å². The van der Waals surface area contributed by atoms with E-state index in [9.17, 15) is 9.50 Å². The normalized spacial score (nSPS) is 18.8. The van der Waals surface area contributed by atoms with E-state index in [1.54, 1.807) is 13.0 Å². The fourth-order valence-electron chi connectivity index (χ4n) is 2.69. The van der Waals surface area contributed by atoms with Crippen LogP contribution in [0.1, 0.15) is 49.3 Å². The van der Waals surface area contributed by atoms with Gasteiger partial charge in [-0.1, -0.05) is 31.4 Å². The van der Waals surface area contributed by atoms with Crippen molar-refractivity contribution in [1.29, 1.82) is 0 Å². The van der Waals surface area contributed by atoms with Crippen LogP contribution >= 0.6 is 0 Å². The van der Waals surface area contributed by atoms with E-state index < -0.39 is 0 Å². The standard InChI is InChI=1S/C15H22FNO/c1-11-9-12(7-8-14(11)16)15(10-18)17-13-5-3-2-4-6-13/h7-9,13,15,17-18H,2-6,10H2,1H3. The monoisotopic (exact) mass is 251 g/mol. The highest BCUT2D eigenvalue weighted by atomic mass is 19.1. The quantitative estimate of drug-likeness (QED) is 0.862. The number of nitrogens with one attached hydrogen (secondary N) is 1. The second-order valence-electron chi connectivity index (χ2n) is 5.25. The molecule has 1 atom stereocenters. The predicted molar refractivity (Wildman–Crippen MR) is 71.0 cm³/mol. The van der Waals surface area contributed by atoms with Crippen LogP contribution in [0.4, 0.5) is 4.39 Å². The first kappa shape index (κ1) is 13.5. The van der Waals surface area contributed by atoms with E-state index in [0.29, 0.717) is 11.6 Å². The van der Waals surface area contributed by atoms with E-state index in [-0.39, 0.29) is 18.5 Å². The lowest BCUT2D eigenvalue weighted by atomic mass is 9.94. The number of benzene rings is 1. The number of hydrogen-bond donors (Lipinski definition) is 2. The van der Waals surface area contributed by atoms with Gasteiger partial charge in [-0.05, 0) is 37.0 Å². The summed E-state index contributed by atoms with van der Waals surface area (Å²) in [4.78, 5) is 0. The molecule has 1 fully saturated rings. The molecule has 18 heavy (non-hydrogen) atoms. The molecule has 1 aliphatic carbocycles. The average Bonchev–Trinajstić information content (AvgIpc) is 2.40. The lowest BCUT2D eigenvalue weighted by molar-refractivity contribution is 0.220. The third-order valence-electron chi connectivity index (χ3n) is 3.81. The lowest BCUT2D eigenvalue weighted by Crippen LogP contribution is -2.36. The van der Waals surface area contributed by atoms with E-state index in [4.69, 9.17) is 0 Å². The van der Waals surface area contributed by atoms with Crippen molar-refractivity contribution in [3.8, 4) is 0 Å². The maximum Gasteiger partial charge on any atom is 0.126 e. The molecule has 1 saturated carbocycles. The summed E-state index contributed by atoms with van der Waals surface area (Å²) in [6.07, 6.45) is 6.20. The first-order chi connectivity index (χ1) is 8.70. The van der Waals surface area contributed by atoms with Crippen molar-refractivity contribution < 1.29 is 9.50 Å². The summed E-state index contributed by atoms with van der Waals surface area (Å²) in [5.74, 6) is -0.187. The van der Waals surface area contributed by atoms with Crippen LogP contribution in [-0.4, -0.2) is 17.8 Å². The maximum atomic E-state index is 13.2. The van der Waals surface area contributed by atoms with Crippen molar-refractivity contribution in [2.45, 2.75) is 51.1 Å². The van der Waals surface area contributed by atoms with Gasteiger partial charge < -0.3 is 10.4 Å². The van der Waals surface area contributed by atoms with Crippen LogP contribution in [0.3, 0.4) is 0 Å². The van der Waals surface area contributed by atoms with Gasteiger partial charge >= 0.3 is 0 Å². The molecule has 0 spiro atoms. The first-order valence-corrected chi connectivity index (χ1v) is 6.83. The Hall–Kier alpha value is -0.930. The van der Waals surface area contributed by atoms with Crippen LogP contribution in [0.25, 0.3) is 0 Å². The molecule has 0 radical (unpaired) electrons. The largest absolute Gasteiger partial charge is 0.394 e. The van der Waals surface area contributed by atoms with Gasteiger partial charge in [0, 0.05) is 6.04 Å². The summed E-state index contributed by atoms with van der Waals surface area (Å²) in [5.41, 5.74) is 1.61. The number of halogens is 1. The minimum Gasteiger partial charge on any atom is -0.394 e. The Morgan fingerprint density at radius 3 is 2.67 bits per heavy atom. The molecule has 1 aromatic carbocycles. The number of aliphatic hydroxyl groups is 1. The summed E-state index contributed by atoms with van der Waals surface area (Å²) in [7, 11) is 0. The Morgan fingerprint density at radius 1 is 1.33 bits per heavy atom. The highest BCUT2D eigenvalue weighted by Gasteiger charge is 2.19. The Morgan fingerprint density at radius 2 is 2.06 bits per heavy atom. The van der Waals surface area contributed by atoms with Crippen molar-refractivity contribution >= 4 is 0 Å². The molecule has 100 valence electrons. The SMILES string of the molecule is Cc1cc(C(CO)NC2CCCCC2)ccc1F. The molecule has 2 nitrogen and oxygen atoms in total. The fourth-order valence-corrected chi connectivity index (χ4v) is 2.69. The van der Waals surface area contributed by atoms with Crippen molar-refractivity contribution in [3.63, 3.8) is 0 Å². The van der Waals surface area contributed by atoms with E-state index in [1.165, 1.54) is 38.2 Å². The van der Waals surface area contributed by atoms with Crippen LogP contribution in [-0.2, 0) is 0 Å². The van der Waals surface area contributed by atoms with Crippen LogP contribution in [0.15, 0.2) is 18.2 Å². The minimum absolute atomic E-state index is 0.0571.